The lowest BCUT2D eigenvalue weighted by Gasteiger charge is -2.06. The first kappa shape index (κ1) is 10.7. The van der Waals surface area contributed by atoms with Gasteiger partial charge >= 0.3 is 0 Å². The van der Waals surface area contributed by atoms with Gasteiger partial charge in [-0.1, -0.05) is 0 Å². The summed E-state index contributed by atoms with van der Waals surface area (Å²) in [6.07, 6.45) is 0. The molecule has 2 rings (SSSR count). The molecule has 0 atom stereocenters. The van der Waals surface area contributed by atoms with E-state index in [9.17, 15) is 0 Å². The highest BCUT2D eigenvalue weighted by atomic mass is 15.4. The van der Waals surface area contributed by atoms with E-state index in [1.807, 2.05) is 37.1 Å². The molecule has 0 aromatic carbocycles. The lowest BCUT2D eigenvalue weighted by atomic mass is 10.3. The van der Waals surface area contributed by atoms with Crippen molar-refractivity contribution in [2.75, 3.05) is 5.73 Å². The second-order valence-electron chi connectivity index (χ2n) is 4.15. The molecule has 2 aromatic rings. The molecule has 5 nitrogen and oxygen atoms in total. The van der Waals surface area contributed by atoms with E-state index in [2.05, 4.69) is 16.3 Å². The average molecular weight is 219 g/mol. The van der Waals surface area contributed by atoms with Gasteiger partial charge in [-0.05, 0) is 33.8 Å². The normalized spacial score (nSPS) is 11.0. The summed E-state index contributed by atoms with van der Waals surface area (Å²) in [4.78, 5) is 0. The van der Waals surface area contributed by atoms with E-state index in [4.69, 9.17) is 5.73 Å². The molecule has 0 unspecified atom stereocenters. The molecule has 86 valence electrons. The lowest BCUT2D eigenvalue weighted by molar-refractivity contribution is 0.481. The number of anilines is 1. The molecule has 0 amide bonds. The fraction of sp³-hybridized carbons (Fsp3) is 0.455. The van der Waals surface area contributed by atoms with Crippen LogP contribution in [0.5, 0.6) is 0 Å². The summed E-state index contributed by atoms with van der Waals surface area (Å²) in [5, 5.41) is 8.79. The maximum atomic E-state index is 5.89. The molecule has 0 spiro atoms. The van der Waals surface area contributed by atoms with Crippen LogP contribution in [0.2, 0.25) is 0 Å². The lowest BCUT2D eigenvalue weighted by Crippen LogP contribution is -2.13. The molecule has 2 N–H and O–H groups in total. The van der Waals surface area contributed by atoms with E-state index in [0.717, 1.165) is 28.5 Å². The molecular weight excluding hydrogens is 202 g/mol. The SMILES string of the molecule is Cc1cc(C)n(Cn2nc(C)c(N)c2C)n1. The topological polar surface area (TPSA) is 61.7 Å². The van der Waals surface area contributed by atoms with Crippen molar-refractivity contribution in [3.63, 3.8) is 0 Å². The van der Waals surface area contributed by atoms with Crippen molar-refractivity contribution >= 4 is 5.69 Å². The van der Waals surface area contributed by atoms with Crippen molar-refractivity contribution in [1.82, 2.24) is 19.6 Å². The van der Waals surface area contributed by atoms with Crippen LogP contribution in [0.3, 0.4) is 0 Å². The molecular formula is C11H17N5. The Labute approximate surface area is 94.9 Å². The molecule has 0 saturated carbocycles. The Morgan fingerprint density at radius 3 is 2.25 bits per heavy atom. The van der Waals surface area contributed by atoms with E-state index in [0.29, 0.717) is 6.67 Å². The summed E-state index contributed by atoms with van der Waals surface area (Å²) in [5.41, 5.74) is 10.7. The molecule has 0 fully saturated rings. The summed E-state index contributed by atoms with van der Waals surface area (Å²) in [6, 6.07) is 2.05. The Morgan fingerprint density at radius 1 is 1.12 bits per heavy atom. The number of aromatic nitrogens is 4. The highest BCUT2D eigenvalue weighted by Gasteiger charge is 2.09. The van der Waals surface area contributed by atoms with Gasteiger partial charge in [-0.25, -0.2) is 9.36 Å². The standard InChI is InChI=1S/C11H17N5/c1-7-5-8(2)15(13-7)6-16-10(4)11(12)9(3)14-16/h5H,6,12H2,1-4H3. The maximum absolute atomic E-state index is 5.89. The molecule has 2 aromatic heterocycles. The van der Waals surface area contributed by atoms with Crippen LogP contribution in [0.25, 0.3) is 0 Å². The molecule has 0 saturated heterocycles. The van der Waals surface area contributed by atoms with Crippen molar-refractivity contribution in [2.24, 2.45) is 0 Å². The Hall–Kier alpha value is -1.78. The highest BCUT2D eigenvalue weighted by Crippen LogP contribution is 2.15. The molecule has 0 aliphatic heterocycles. The second kappa shape index (κ2) is 3.66. The number of nitrogens with zero attached hydrogens (tertiary/aromatic N) is 4. The Kier molecular flexibility index (Phi) is 2.46. The van der Waals surface area contributed by atoms with Crippen LogP contribution in [0.4, 0.5) is 5.69 Å². The zero-order chi connectivity index (χ0) is 11.9. The third-order valence-corrected chi connectivity index (χ3v) is 2.81. The molecule has 16 heavy (non-hydrogen) atoms. The smallest absolute Gasteiger partial charge is 0.133 e. The van der Waals surface area contributed by atoms with Crippen molar-refractivity contribution in [3.05, 3.63) is 28.8 Å². The van der Waals surface area contributed by atoms with Crippen molar-refractivity contribution in [1.29, 1.82) is 0 Å². The Balaban J connectivity index is 2.34. The molecule has 0 bridgehead atoms. The maximum Gasteiger partial charge on any atom is 0.133 e. The third-order valence-electron chi connectivity index (χ3n) is 2.81. The van der Waals surface area contributed by atoms with E-state index in [1.165, 1.54) is 0 Å². The van der Waals surface area contributed by atoms with Gasteiger partial charge in [0.1, 0.15) is 6.67 Å². The largest absolute Gasteiger partial charge is 0.396 e. The molecule has 5 heteroatoms. The van der Waals surface area contributed by atoms with Crippen molar-refractivity contribution in [2.45, 2.75) is 34.4 Å². The van der Waals surface area contributed by atoms with Crippen LogP contribution in [0.1, 0.15) is 22.8 Å². The monoisotopic (exact) mass is 219 g/mol. The first-order valence-corrected chi connectivity index (χ1v) is 5.29. The molecule has 0 aliphatic carbocycles. The molecule has 0 aliphatic rings. The van der Waals surface area contributed by atoms with Gasteiger partial charge in [-0.15, -0.1) is 0 Å². The molecule has 0 radical (unpaired) electrons. The number of rotatable bonds is 2. The first-order chi connectivity index (χ1) is 7.49. The summed E-state index contributed by atoms with van der Waals surface area (Å²) in [5.74, 6) is 0. The van der Waals surface area contributed by atoms with Gasteiger partial charge in [-0.3, -0.25) is 0 Å². The van der Waals surface area contributed by atoms with Gasteiger partial charge in [0.25, 0.3) is 0 Å². The zero-order valence-corrected chi connectivity index (χ0v) is 10.2. The van der Waals surface area contributed by atoms with Crippen LogP contribution < -0.4 is 5.73 Å². The van der Waals surface area contributed by atoms with E-state index in [1.54, 1.807) is 0 Å². The quantitative estimate of drug-likeness (QED) is 0.830. The van der Waals surface area contributed by atoms with E-state index < -0.39 is 0 Å². The predicted molar refractivity (Wildman–Crippen MR) is 63.2 cm³/mol. The fourth-order valence-electron chi connectivity index (χ4n) is 1.79. The minimum absolute atomic E-state index is 0.615. The third kappa shape index (κ3) is 1.68. The van der Waals surface area contributed by atoms with Gasteiger partial charge in [-0.2, -0.15) is 10.2 Å². The van der Waals surface area contributed by atoms with E-state index >= 15 is 0 Å². The van der Waals surface area contributed by atoms with Gasteiger partial charge in [0, 0.05) is 5.69 Å². The fourth-order valence-corrected chi connectivity index (χ4v) is 1.79. The number of hydrogen-bond acceptors (Lipinski definition) is 3. The minimum Gasteiger partial charge on any atom is -0.396 e. The first-order valence-electron chi connectivity index (χ1n) is 5.29. The van der Waals surface area contributed by atoms with Gasteiger partial charge in [0.15, 0.2) is 0 Å². The van der Waals surface area contributed by atoms with Crippen LogP contribution in [-0.4, -0.2) is 19.6 Å². The Bertz CT molecular complexity index is 521. The van der Waals surface area contributed by atoms with Crippen molar-refractivity contribution < 1.29 is 0 Å². The number of nitrogens with two attached hydrogens (primary N) is 1. The van der Waals surface area contributed by atoms with Crippen LogP contribution in [-0.2, 0) is 6.67 Å². The van der Waals surface area contributed by atoms with Crippen LogP contribution in [0, 0.1) is 27.7 Å². The summed E-state index contributed by atoms with van der Waals surface area (Å²) in [7, 11) is 0. The second-order valence-corrected chi connectivity index (χ2v) is 4.15. The van der Waals surface area contributed by atoms with Crippen LogP contribution >= 0.6 is 0 Å². The Morgan fingerprint density at radius 2 is 1.81 bits per heavy atom. The minimum atomic E-state index is 0.615. The van der Waals surface area contributed by atoms with Gasteiger partial charge in [0.2, 0.25) is 0 Å². The number of aryl methyl sites for hydroxylation is 3. The number of nitrogen functional groups attached to an aromatic ring is 1. The predicted octanol–water partition coefficient (Wildman–Crippen LogP) is 1.40. The van der Waals surface area contributed by atoms with Crippen LogP contribution in [0.15, 0.2) is 6.07 Å². The van der Waals surface area contributed by atoms with Gasteiger partial charge in [0.05, 0.1) is 22.8 Å². The molecule has 2 heterocycles. The average Bonchev–Trinajstić information content (AvgIpc) is 2.64. The van der Waals surface area contributed by atoms with E-state index in [-0.39, 0.29) is 0 Å². The zero-order valence-electron chi connectivity index (χ0n) is 10.2. The highest BCUT2D eigenvalue weighted by molar-refractivity contribution is 5.46. The summed E-state index contributed by atoms with van der Waals surface area (Å²) < 4.78 is 3.80. The van der Waals surface area contributed by atoms with Crippen molar-refractivity contribution in [3.8, 4) is 0 Å². The van der Waals surface area contributed by atoms with Gasteiger partial charge < -0.3 is 5.73 Å². The summed E-state index contributed by atoms with van der Waals surface area (Å²) >= 11 is 0. The summed E-state index contributed by atoms with van der Waals surface area (Å²) in [6.45, 7) is 8.53. The number of hydrogen-bond donors (Lipinski definition) is 1.